The summed E-state index contributed by atoms with van der Waals surface area (Å²) in [7, 11) is 0. The van der Waals surface area contributed by atoms with Crippen molar-refractivity contribution in [2.24, 2.45) is 5.92 Å². The summed E-state index contributed by atoms with van der Waals surface area (Å²) < 4.78 is 7.31. The highest BCUT2D eigenvalue weighted by Crippen LogP contribution is 2.29. The van der Waals surface area contributed by atoms with Crippen LogP contribution in [0, 0.1) is 5.92 Å². The predicted octanol–water partition coefficient (Wildman–Crippen LogP) is 3.81. The van der Waals surface area contributed by atoms with E-state index in [-0.39, 0.29) is 17.7 Å². The van der Waals surface area contributed by atoms with E-state index in [1.54, 1.807) is 35.5 Å². The summed E-state index contributed by atoms with van der Waals surface area (Å²) in [5.74, 6) is 0.854. The average Bonchev–Trinajstić information content (AvgIpc) is 3.22. The van der Waals surface area contributed by atoms with Gasteiger partial charge in [0.15, 0.2) is 5.82 Å². The number of likely N-dealkylation sites (tertiary alicyclic amines) is 1. The van der Waals surface area contributed by atoms with Crippen molar-refractivity contribution in [1.29, 1.82) is 0 Å². The van der Waals surface area contributed by atoms with Gasteiger partial charge in [0.2, 0.25) is 0 Å². The second kappa shape index (κ2) is 9.09. The molecule has 0 radical (unpaired) electrons. The molecule has 0 spiro atoms. The number of phenols is 1. The van der Waals surface area contributed by atoms with Crippen LogP contribution in [0.15, 0.2) is 42.9 Å². The van der Waals surface area contributed by atoms with Crippen LogP contribution in [0.25, 0.3) is 16.9 Å². The molecule has 0 aliphatic carbocycles. The van der Waals surface area contributed by atoms with Crippen LogP contribution in [-0.2, 0) is 11.2 Å². The number of benzene rings is 1. The predicted molar refractivity (Wildman–Crippen MR) is 125 cm³/mol. The Bertz CT molecular complexity index is 1130. The topological polar surface area (TPSA) is 119 Å². The zero-order valence-electron chi connectivity index (χ0n) is 19.2. The molecule has 9 nitrogen and oxygen atoms in total. The van der Waals surface area contributed by atoms with E-state index in [0.29, 0.717) is 36.0 Å². The molecule has 0 saturated carbocycles. The summed E-state index contributed by atoms with van der Waals surface area (Å²) in [6.45, 7) is 7.01. The summed E-state index contributed by atoms with van der Waals surface area (Å²) >= 11 is 0. The molecule has 3 aromatic rings. The van der Waals surface area contributed by atoms with E-state index in [1.165, 1.54) is 0 Å². The highest BCUT2D eigenvalue weighted by Gasteiger charge is 2.27. The lowest BCUT2D eigenvalue weighted by Gasteiger charge is -2.33. The van der Waals surface area contributed by atoms with Crippen molar-refractivity contribution in [2.75, 3.05) is 18.8 Å². The number of nitrogens with zero attached hydrogens (tertiary/aromatic N) is 5. The number of hydrogen-bond donors (Lipinski definition) is 2. The fourth-order valence-corrected chi connectivity index (χ4v) is 3.96. The lowest BCUT2D eigenvalue weighted by molar-refractivity contribution is 0.0184. The minimum Gasteiger partial charge on any atom is -0.507 e. The molecule has 0 atom stereocenters. The smallest absolute Gasteiger partial charge is 0.410 e. The first-order valence-corrected chi connectivity index (χ1v) is 11.1. The van der Waals surface area contributed by atoms with Crippen molar-refractivity contribution in [3.05, 3.63) is 48.5 Å². The lowest BCUT2D eigenvalue weighted by atomic mass is 9.92. The van der Waals surface area contributed by atoms with Crippen LogP contribution in [0.4, 0.5) is 10.6 Å². The number of carbonyl (C=O) groups is 1. The number of ether oxygens (including phenoxy) is 1. The second-order valence-electron chi connectivity index (χ2n) is 9.40. The molecule has 0 unspecified atom stereocenters. The highest BCUT2D eigenvalue weighted by molar-refractivity contribution is 5.70. The summed E-state index contributed by atoms with van der Waals surface area (Å²) in [6, 6.07) is 8.77. The number of nitrogens with two attached hydrogens (primary N) is 1. The van der Waals surface area contributed by atoms with E-state index < -0.39 is 5.60 Å². The molecule has 1 amide bonds. The van der Waals surface area contributed by atoms with Gasteiger partial charge in [0.1, 0.15) is 11.4 Å². The molecule has 2 aromatic heterocycles. The van der Waals surface area contributed by atoms with Crippen LogP contribution < -0.4 is 5.73 Å². The molecule has 0 bridgehead atoms. The Labute approximate surface area is 193 Å². The van der Waals surface area contributed by atoms with Gasteiger partial charge in [0.25, 0.3) is 0 Å². The van der Waals surface area contributed by atoms with Crippen LogP contribution in [0.2, 0.25) is 0 Å². The number of phenolic OH excluding ortho intramolecular Hbond substituents is 1. The molecule has 3 heterocycles. The second-order valence-corrected chi connectivity index (χ2v) is 9.40. The van der Waals surface area contributed by atoms with Crippen LogP contribution in [-0.4, -0.2) is 54.5 Å². The number of nitrogen functional groups attached to an aromatic ring is 1. The highest BCUT2D eigenvalue weighted by atomic mass is 16.6. The molecule has 1 fully saturated rings. The summed E-state index contributed by atoms with van der Waals surface area (Å²) in [5, 5.41) is 18.3. The molecular formula is C24H30N6O3. The Kier molecular flexibility index (Phi) is 6.22. The number of aromatic nitrogens is 4. The third kappa shape index (κ3) is 5.42. The van der Waals surface area contributed by atoms with Crippen molar-refractivity contribution in [3.63, 3.8) is 0 Å². The molecule has 3 N–H and O–H groups in total. The first kappa shape index (κ1) is 22.6. The average molecular weight is 451 g/mol. The van der Waals surface area contributed by atoms with Gasteiger partial charge in [-0.05, 0) is 64.2 Å². The van der Waals surface area contributed by atoms with Gasteiger partial charge in [0, 0.05) is 24.8 Å². The van der Waals surface area contributed by atoms with Gasteiger partial charge in [-0.25, -0.2) is 9.78 Å². The van der Waals surface area contributed by atoms with Crippen LogP contribution in [0.3, 0.4) is 0 Å². The van der Waals surface area contributed by atoms with E-state index >= 15 is 0 Å². The number of para-hydroxylation sites is 1. The maximum absolute atomic E-state index is 12.3. The van der Waals surface area contributed by atoms with Crippen molar-refractivity contribution in [3.8, 4) is 22.7 Å². The van der Waals surface area contributed by atoms with Gasteiger partial charge in [-0.3, -0.25) is 0 Å². The summed E-state index contributed by atoms with van der Waals surface area (Å²) in [6.07, 6.45) is 6.05. The molecule has 1 aromatic carbocycles. The van der Waals surface area contributed by atoms with E-state index in [9.17, 15) is 9.90 Å². The molecular weight excluding hydrogens is 420 g/mol. The molecule has 1 aliphatic rings. The zero-order valence-corrected chi connectivity index (χ0v) is 19.2. The Hall–Kier alpha value is -3.62. The van der Waals surface area contributed by atoms with Gasteiger partial charge in [-0.15, -0.1) is 10.2 Å². The molecule has 4 rings (SSSR count). The van der Waals surface area contributed by atoms with E-state index in [1.807, 2.05) is 37.6 Å². The van der Waals surface area contributed by atoms with Crippen molar-refractivity contribution in [2.45, 2.75) is 45.6 Å². The molecule has 33 heavy (non-hydrogen) atoms. The fraction of sp³-hybridized carbons (Fsp3) is 0.417. The third-order valence-corrected chi connectivity index (χ3v) is 5.66. The Morgan fingerprint density at radius 3 is 2.64 bits per heavy atom. The van der Waals surface area contributed by atoms with Gasteiger partial charge in [-0.1, -0.05) is 12.1 Å². The van der Waals surface area contributed by atoms with Gasteiger partial charge in [0.05, 0.1) is 23.4 Å². The maximum Gasteiger partial charge on any atom is 0.410 e. The third-order valence-electron chi connectivity index (χ3n) is 5.66. The summed E-state index contributed by atoms with van der Waals surface area (Å²) in [4.78, 5) is 18.6. The van der Waals surface area contributed by atoms with Crippen molar-refractivity contribution >= 4 is 11.9 Å². The number of piperidine rings is 1. The van der Waals surface area contributed by atoms with Gasteiger partial charge < -0.3 is 25.0 Å². The largest absolute Gasteiger partial charge is 0.507 e. The Morgan fingerprint density at radius 2 is 1.94 bits per heavy atom. The van der Waals surface area contributed by atoms with Crippen molar-refractivity contribution < 1.29 is 14.6 Å². The first-order valence-electron chi connectivity index (χ1n) is 11.1. The molecule has 9 heteroatoms. The number of rotatable bonds is 4. The molecule has 1 saturated heterocycles. The SMILES string of the molecule is CC(C)(C)OC(=O)N1CCC(Cc2cn(-c3cc(-c4ccccc4O)nnc3N)cn2)CC1. The Balaban J connectivity index is 1.42. The normalized spacial score (nSPS) is 14.9. The van der Waals surface area contributed by atoms with Crippen LogP contribution in [0.5, 0.6) is 5.75 Å². The van der Waals surface area contributed by atoms with E-state index in [2.05, 4.69) is 15.2 Å². The number of carbonyl (C=O) groups excluding carboxylic acids is 1. The zero-order chi connectivity index (χ0) is 23.6. The molecule has 174 valence electrons. The number of hydrogen-bond acceptors (Lipinski definition) is 7. The number of aromatic hydroxyl groups is 1. The maximum atomic E-state index is 12.3. The minimum atomic E-state index is -0.483. The quantitative estimate of drug-likeness (QED) is 0.620. The van der Waals surface area contributed by atoms with Gasteiger partial charge in [-0.2, -0.15) is 0 Å². The Morgan fingerprint density at radius 1 is 1.21 bits per heavy atom. The minimum absolute atomic E-state index is 0.131. The van der Waals surface area contributed by atoms with Crippen molar-refractivity contribution in [1.82, 2.24) is 24.6 Å². The van der Waals surface area contributed by atoms with Gasteiger partial charge >= 0.3 is 6.09 Å². The summed E-state index contributed by atoms with van der Waals surface area (Å²) in [5.41, 5.74) is 8.32. The first-order chi connectivity index (χ1) is 15.7. The van der Waals surface area contributed by atoms with E-state index in [0.717, 1.165) is 25.0 Å². The number of anilines is 1. The lowest BCUT2D eigenvalue weighted by Crippen LogP contribution is -2.42. The van der Waals surface area contributed by atoms with E-state index in [4.69, 9.17) is 10.5 Å². The monoisotopic (exact) mass is 450 g/mol. The van der Waals surface area contributed by atoms with Crippen LogP contribution in [0.1, 0.15) is 39.3 Å². The standard InChI is InChI=1S/C24H30N6O3/c1-24(2,3)33-23(32)29-10-8-16(9-11-29)12-17-14-30(15-26-17)20-13-19(27-28-22(20)25)18-6-4-5-7-21(18)31/h4-7,13-16,31H,8-12H2,1-3H3,(H2,25,28). The number of amides is 1. The fourth-order valence-electron chi connectivity index (χ4n) is 3.96. The van der Waals surface area contributed by atoms with Crippen LogP contribution >= 0.6 is 0 Å². The molecule has 1 aliphatic heterocycles. The number of imidazole rings is 1.